The van der Waals surface area contributed by atoms with Crippen LogP contribution in [0.1, 0.15) is 57.3 Å². The van der Waals surface area contributed by atoms with E-state index in [-0.39, 0.29) is 18.1 Å². The smallest absolute Gasteiger partial charge is 0.414 e. The predicted molar refractivity (Wildman–Crippen MR) is 113 cm³/mol. The minimum Gasteiger partial charge on any atom is -0.450 e. The van der Waals surface area contributed by atoms with Gasteiger partial charge in [0.05, 0.1) is 12.2 Å². The monoisotopic (exact) mass is 429 g/mol. The van der Waals surface area contributed by atoms with Gasteiger partial charge in [0.2, 0.25) is 0 Å². The van der Waals surface area contributed by atoms with Crippen LogP contribution in [-0.4, -0.2) is 48.4 Å². The maximum Gasteiger partial charge on any atom is 0.414 e. The Morgan fingerprint density at radius 2 is 1.77 bits per heavy atom. The third-order valence-corrected chi connectivity index (χ3v) is 5.47. The van der Waals surface area contributed by atoms with Gasteiger partial charge in [-0.25, -0.2) is 4.79 Å². The number of alkyl carbamates (subject to hydrolysis) is 1. The molecule has 158 valence electrons. The summed E-state index contributed by atoms with van der Waals surface area (Å²) in [6.07, 6.45) is 2.25. The van der Waals surface area contributed by atoms with Crippen LogP contribution >= 0.6 is 11.3 Å². The molecule has 1 aliphatic heterocycles. The number of hydrogen-bond donors (Lipinski definition) is 2. The minimum absolute atomic E-state index is 0.0880. The van der Waals surface area contributed by atoms with Crippen molar-refractivity contribution in [3.05, 3.63) is 52.4 Å². The summed E-state index contributed by atoms with van der Waals surface area (Å²) in [7, 11) is 0. The molecule has 8 nitrogen and oxygen atoms in total. The van der Waals surface area contributed by atoms with Gasteiger partial charge in [0.25, 0.3) is 17.7 Å². The van der Waals surface area contributed by atoms with E-state index in [4.69, 9.17) is 4.74 Å². The van der Waals surface area contributed by atoms with E-state index in [1.807, 2.05) is 0 Å². The number of amides is 4. The largest absolute Gasteiger partial charge is 0.450 e. The Morgan fingerprint density at radius 1 is 1.03 bits per heavy atom. The number of imide groups is 1. The van der Waals surface area contributed by atoms with Crippen LogP contribution in [0, 0.1) is 0 Å². The van der Waals surface area contributed by atoms with E-state index < -0.39 is 17.9 Å². The molecule has 2 N–H and O–H groups in total. The van der Waals surface area contributed by atoms with Gasteiger partial charge in [0.1, 0.15) is 5.00 Å². The Labute approximate surface area is 178 Å². The number of thiophene rings is 1. The van der Waals surface area contributed by atoms with Crippen molar-refractivity contribution in [2.75, 3.05) is 25.0 Å². The first kappa shape index (κ1) is 21.5. The Hall–Kier alpha value is -3.20. The lowest BCUT2D eigenvalue weighted by molar-refractivity contribution is 0.0724. The second-order valence-electron chi connectivity index (χ2n) is 6.73. The number of carbonyl (C=O) groups excluding carboxylic acids is 4. The number of benzene rings is 1. The average molecular weight is 429 g/mol. The lowest BCUT2D eigenvalue weighted by Gasteiger charge is -2.26. The van der Waals surface area contributed by atoms with E-state index in [9.17, 15) is 19.2 Å². The van der Waals surface area contributed by atoms with E-state index >= 15 is 0 Å². The standard InChI is InChI=1S/C21H23N3O5S/c1-2-29-21(28)23-18(26)16-9-12-30-19(16)22-17(25)14-7-6-8-15(13-14)20(27)24-10-4-3-5-11-24/h6-9,12-13H,2-5,10-11H2,1H3,(H,22,25)(H,23,26,28). The van der Waals surface area contributed by atoms with E-state index in [0.29, 0.717) is 16.1 Å². The summed E-state index contributed by atoms with van der Waals surface area (Å²) in [6, 6.07) is 8.02. The van der Waals surface area contributed by atoms with E-state index in [2.05, 4.69) is 10.6 Å². The van der Waals surface area contributed by atoms with Crippen molar-refractivity contribution in [3.63, 3.8) is 0 Å². The van der Waals surface area contributed by atoms with Crippen molar-refractivity contribution in [3.8, 4) is 0 Å². The molecule has 3 rings (SSSR count). The fourth-order valence-electron chi connectivity index (χ4n) is 3.16. The normalized spacial score (nSPS) is 13.4. The second kappa shape index (κ2) is 10.0. The van der Waals surface area contributed by atoms with Gasteiger partial charge < -0.3 is 15.0 Å². The molecule has 1 aromatic heterocycles. The van der Waals surface area contributed by atoms with E-state index in [0.717, 1.165) is 43.7 Å². The second-order valence-corrected chi connectivity index (χ2v) is 7.64. The zero-order chi connectivity index (χ0) is 21.5. The Bertz CT molecular complexity index is 950. The van der Waals surface area contributed by atoms with Crippen molar-refractivity contribution >= 4 is 40.2 Å². The summed E-state index contributed by atoms with van der Waals surface area (Å²) in [5, 5.41) is 6.71. The SMILES string of the molecule is CCOC(=O)NC(=O)c1ccsc1NC(=O)c1cccc(C(=O)N2CCCCC2)c1. The molecule has 0 radical (unpaired) electrons. The third kappa shape index (κ3) is 5.24. The van der Waals surface area contributed by atoms with E-state index in [1.54, 1.807) is 41.5 Å². The molecule has 1 saturated heterocycles. The highest BCUT2D eigenvalue weighted by Crippen LogP contribution is 2.24. The summed E-state index contributed by atoms with van der Waals surface area (Å²) < 4.78 is 4.70. The molecule has 0 saturated carbocycles. The average Bonchev–Trinajstić information content (AvgIpc) is 3.22. The molecule has 0 aliphatic carbocycles. The van der Waals surface area contributed by atoms with Gasteiger partial charge >= 0.3 is 6.09 Å². The summed E-state index contributed by atoms with van der Waals surface area (Å²) in [5.41, 5.74) is 0.918. The fourth-order valence-corrected chi connectivity index (χ4v) is 3.94. The number of anilines is 1. The molecule has 0 bridgehead atoms. The molecule has 4 amide bonds. The topological polar surface area (TPSA) is 105 Å². The van der Waals surface area contributed by atoms with Crippen molar-refractivity contribution in [2.24, 2.45) is 0 Å². The van der Waals surface area contributed by atoms with Gasteiger partial charge in [0.15, 0.2) is 0 Å². The molecule has 2 heterocycles. The number of rotatable bonds is 5. The van der Waals surface area contributed by atoms with Gasteiger partial charge in [-0.2, -0.15) is 0 Å². The van der Waals surface area contributed by atoms with Crippen LogP contribution < -0.4 is 10.6 Å². The van der Waals surface area contributed by atoms with Gasteiger partial charge in [-0.3, -0.25) is 19.7 Å². The van der Waals surface area contributed by atoms with Crippen molar-refractivity contribution in [1.29, 1.82) is 0 Å². The van der Waals surface area contributed by atoms with Gasteiger partial charge in [-0.1, -0.05) is 6.07 Å². The van der Waals surface area contributed by atoms with Crippen LogP contribution in [0.25, 0.3) is 0 Å². The highest BCUT2D eigenvalue weighted by atomic mass is 32.1. The molecule has 1 aromatic carbocycles. The number of piperidine rings is 1. The van der Waals surface area contributed by atoms with Crippen LogP contribution in [0.2, 0.25) is 0 Å². The van der Waals surface area contributed by atoms with Crippen LogP contribution in [0.15, 0.2) is 35.7 Å². The zero-order valence-corrected chi connectivity index (χ0v) is 17.4. The summed E-state index contributed by atoms with van der Waals surface area (Å²) >= 11 is 1.15. The summed E-state index contributed by atoms with van der Waals surface area (Å²) in [6.45, 7) is 3.22. The third-order valence-electron chi connectivity index (χ3n) is 4.64. The number of ether oxygens (including phenoxy) is 1. The summed E-state index contributed by atoms with van der Waals surface area (Å²) in [5.74, 6) is -1.20. The molecule has 2 aromatic rings. The first-order valence-corrected chi connectivity index (χ1v) is 10.6. The molecule has 0 unspecified atom stereocenters. The first-order chi connectivity index (χ1) is 14.5. The Kier molecular flexibility index (Phi) is 7.18. The minimum atomic E-state index is -0.852. The molecular formula is C21H23N3O5S. The van der Waals surface area contributed by atoms with Crippen LogP contribution in [0.5, 0.6) is 0 Å². The molecular weight excluding hydrogens is 406 g/mol. The number of nitrogens with zero attached hydrogens (tertiary/aromatic N) is 1. The number of likely N-dealkylation sites (tertiary alicyclic amines) is 1. The predicted octanol–water partition coefficient (Wildman–Crippen LogP) is 3.51. The first-order valence-electron chi connectivity index (χ1n) is 9.76. The van der Waals surface area contributed by atoms with Crippen molar-refractivity contribution in [1.82, 2.24) is 10.2 Å². The lowest BCUT2D eigenvalue weighted by atomic mass is 10.1. The molecule has 1 fully saturated rings. The lowest BCUT2D eigenvalue weighted by Crippen LogP contribution is -2.35. The fraction of sp³-hybridized carbons (Fsp3) is 0.333. The molecule has 9 heteroatoms. The van der Waals surface area contributed by atoms with Crippen molar-refractivity contribution in [2.45, 2.75) is 26.2 Å². The summed E-state index contributed by atoms with van der Waals surface area (Å²) in [4.78, 5) is 50.9. The molecule has 30 heavy (non-hydrogen) atoms. The van der Waals surface area contributed by atoms with Crippen LogP contribution in [-0.2, 0) is 4.74 Å². The van der Waals surface area contributed by atoms with Crippen molar-refractivity contribution < 1.29 is 23.9 Å². The number of hydrogen-bond acceptors (Lipinski definition) is 6. The Morgan fingerprint density at radius 3 is 2.50 bits per heavy atom. The molecule has 0 spiro atoms. The number of nitrogens with one attached hydrogen (secondary N) is 2. The van der Waals surface area contributed by atoms with E-state index in [1.165, 1.54) is 6.07 Å². The van der Waals surface area contributed by atoms with Crippen LogP contribution in [0.4, 0.5) is 9.80 Å². The van der Waals surface area contributed by atoms with Gasteiger partial charge in [-0.15, -0.1) is 11.3 Å². The maximum atomic E-state index is 12.7. The number of carbonyl (C=O) groups is 4. The van der Waals surface area contributed by atoms with Gasteiger partial charge in [0, 0.05) is 24.2 Å². The highest BCUT2D eigenvalue weighted by molar-refractivity contribution is 7.14. The zero-order valence-electron chi connectivity index (χ0n) is 16.6. The quantitative estimate of drug-likeness (QED) is 0.757. The van der Waals surface area contributed by atoms with Crippen LogP contribution in [0.3, 0.4) is 0 Å². The molecule has 1 aliphatic rings. The molecule has 0 atom stereocenters. The Balaban J connectivity index is 1.70. The van der Waals surface area contributed by atoms with Gasteiger partial charge in [-0.05, 0) is 55.8 Å². The highest BCUT2D eigenvalue weighted by Gasteiger charge is 2.21. The maximum absolute atomic E-state index is 12.7.